The van der Waals surface area contributed by atoms with Gasteiger partial charge in [0.25, 0.3) is 5.91 Å². The molecule has 2 aromatic carbocycles. The molecule has 3 aromatic rings. The Bertz CT molecular complexity index is 941. The summed E-state index contributed by atoms with van der Waals surface area (Å²) >= 11 is 3.16. The lowest BCUT2D eigenvalue weighted by atomic mass is 10.2. The monoisotopic (exact) mass is 404 g/mol. The number of oxime groups is 1. The van der Waals surface area contributed by atoms with Gasteiger partial charge in [-0.15, -0.1) is 0 Å². The van der Waals surface area contributed by atoms with Crippen molar-refractivity contribution in [3.63, 3.8) is 0 Å². The minimum absolute atomic E-state index is 0.0342. The van der Waals surface area contributed by atoms with E-state index in [4.69, 9.17) is 4.84 Å². The topological polar surface area (TPSA) is 68.5 Å². The van der Waals surface area contributed by atoms with Crippen LogP contribution in [0.4, 0.5) is 10.1 Å². The smallest absolute Gasteiger partial charge is 0.270 e. The highest BCUT2D eigenvalue weighted by molar-refractivity contribution is 9.10. The number of amides is 1. The number of rotatable bonds is 5. The summed E-state index contributed by atoms with van der Waals surface area (Å²) in [7, 11) is 1.74. The van der Waals surface area contributed by atoms with E-state index in [-0.39, 0.29) is 16.8 Å². The van der Waals surface area contributed by atoms with E-state index in [9.17, 15) is 9.18 Å². The maximum absolute atomic E-state index is 14.3. The Morgan fingerprint density at radius 1 is 1.44 bits per heavy atom. The van der Waals surface area contributed by atoms with Gasteiger partial charge in [0.05, 0.1) is 10.2 Å². The van der Waals surface area contributed by atoms with Gasteiger partial charge in [0.1, 0.15) is 18.3 Å². The number of aromatic nitrogens is 2. The quantitative estimate of drug-likeness (QED) is 0.521. The minimum atomic E-state index is -0.599. The van der Waals surface area contributed by atoms with Crippen LogP contribution in [0, 0.1) is 5.82 Å². The lowest BCUT2D eigenvalue weighted by Crippen LogP contribution is -2.14. The van der Waals surface area contributed by atoms with E-state index in [2.05, 4.69) is 31.5 Å². The van der Waals surface area contributed by atoms with E-state index in [1.807, 2.05) is 30.3 Å². The molecule has 0 radical (unpaired) electrons. The van der Waals surface area contributed by atoms with E-state index in [0.717, 1.165) is 11.8 Å². The number of benzene rings is 2. The van der Waals surface area contributed by atoms with Crippen LogP contribution in [0.2, 0.25) is 0 Å². The molecule has 128 valence electrons. The molecule has 0 aliphatic heterocycles. The Labute approximate surface area is 151 Å². The molecule has 0 saturated carbocycles. The van der Waals surface area contributed by atoms with Crippen molar-refractivity contribution in [1.82, 2.24) is 9.78 Å². The highest BCUT2D eigenvalue weighted by Crippen LogP contribution is 2.31. The van der Waals surface area contributed by atoms with Gasteiger partial charge in [0, 0.05) is 18.6 Å². The Balaban J connectivity index is 1.65. The van der Waals surface area contributed by atoms with Crippen molar-refractivity contribution in [2.45, 2.75) is 6.61 Å². The van der Waals surface area contributed by atoms with Gasteiger partial charge in [0.2, 0.25) is 0 Å². The third kappa shape index (κ3) is 4.03. The second-order valence-corrected chi connectivity index (χ2v) is 6.07. The van der Waals surface area contributed by atoms with Crippen LogP contribution in [0.5, 0.6) is 0 Å². The van der Waals surface area contributed by atoms with Gasteiger partial charge in [-0.25, -0.2) is 4.39 Å². The van der Waals surface area contributed by atoms with Gasteiger partial charge < -0.3 is 10.2 Å². The summed E-state index contributed by atoms with van der Waals surface area (Å²) in [5.74, 6) is -1.19. The van der Waals surface area contributed by atoms with Gasteiger partial charge in [-0.2, -0.15) is 5.10 Å². The Hall–Kier alpha value is -2.74. The summed E-state index contributed by atoms with van der Waals surface area (Å²) in [5.41, 5.74) is 1.45. The lowest BCUT2D eigenvalue weighted by Gasteiger charge is -2.06. The molecule has 0 saturated heterocycles. The van der Waals surface area contributed by atoms with Crippen LogP contribution in [0.3, 0.4) is 0 Å². The third-order valence-corrected chi connectivity index (χ3v) is 4.09. The molecule has 3 rings (SSSR count). The predicted molar refractivity (Wildman–Crippen MR) is 96.7 cm³/mol. The molecule has 0 aliphatic rings. The number of carbonyl (C=O) groups is 1. The van der Waals surface area contributed by atoms with E-state index in [1.54, 1.807) is 17.9 Å². The van der Waals surface area contributed by atoms with E-state index in [0.29, 0.717) is 10.9 Å². The molecule has 0 unspecified atom stereocenters. The zero-order valence-corrected chi connectivity index (χ0v) is 14.8. The number of hydrogen-bond donors (Lipinski definition) is 1. The molecule has 6 nitrogen and oxygen atoms in total. The van der Waals surface area contributed by atoms with Crippen molar-refractivity contribution in [1.29, 1.82) is 0 Å². The van der Waals surface area contributed by atoms with Crippen LogP contribution in [-0.4, -0.2) is 21.9 Å². The van der Waals surface area contributed by atoms with Crippen LogP contribution in [-0.2, 0) is 23.3 Å². The highest BCUT2D eigenvalue weighted by atomic mass is 79.9. The molecule has 0 fully saturated rings. The first kappa shape index (κ1) is 17.1. The summed E-state index contributed by atoms with van der Waals surface area (Å²) in [6.45, 7) is 0.242. The molecule has 0 bridgehead atoms. The van der Waals surface area contributed by atoms with Crippen molar-refractivity contribution in [2.75, 3.05) is 5.32 Å². The molecular weight excluding hydrogens is 391 g/mol. The Morgan fingerprint density at radius 2 is 2.20 bits per heavy atom. The molecule has 0 atom stereocenters. The largest absolute Gasteiger partial charge is 0.391 e. The molecule has 1 heterocycles. The van der Waals surface area contributed by atoms with Crippen molar-refractivity contribution >= 4 is 44.6 Å². The van der Waals surface area contributed by atoms with Gasteiger partial charge in [-0.3, -0.25) is 9.48 Å². The normalized spacial score (nSPS) is 11.2. The number of hydrogen-bond acceptors (Lipinski definition) is 4. The van der Waals surface area contributed by atoms with Crippen molar-refractivity contribution < 1.29 is 14.0 Å². The zero-order valence-electron chi connectivity index (χ0n) is 13.2. The fourth-order valence-corrected chi connectivity index (χ4v) is 2.77. The van der Waals surface area contributed by atoms with Crippen LogP contribution in [0.1, 0.15) is 5.56 Å². The fourth-order valence-electron chi connectivity index (χ4n) is 2.25. The van der Waals surface area contributed by atoms with Crippen LogP contribution >= 0.6 is 15.9 Å². The van der Waals surface area contributed by atoms with E-state index >= 15 is 0 Å². The Morgan fingerprint density at radius 3 is 2.96 bits per heavy atom. The SMILES string of the molecule is Cn1cc2cc(NC(=O)/C=N/OCc3ccccc3)c(F)c(Br)c2n1. The number of carbonyl (C=O) groups excluding carboxylic acids is 1. The molecule has 1 amide bonds. The molecule has 25 heavy (non-hydrogen) atoms. The fraction of sp³-hybridized carbons (Fsp3) is 0.118. The average Bonchev–Trinajstić information content (AvgIpc) is 2.98. The number of anilines is 1. The van der Waals surface area contributed by atoms with E-state index in [1.165, 1.54) is 6.07 Å². The minimum Gasteiger partial charge on any atom is -0.391 e. The summed E-state index contributed by atoms with van der Waals surface area (Å²) in [6.07, 6.45) is 2.69. The molecule has 0 spiro atoms. The predicted octanol–water partition coefficient (Wildman–Crippen LogP) is 3.62. The van der Waals surface area contributed by atoms with Gasteiger partial charge >= 0.3 is 0 Å². The van der Waals surface area contributed by atoms with Crippen LogP contribution in [0.25, 0.3) is 10.9 Å². The van der Waals surface area contributed by atoms with E-state index < -0.39 is 11.7 Å². The number of nitrogens with one attached hydrogen (secondary N) is 1. The van der Waals surface area contributed by atoms with Crippen LogP contribution in [0.15, 0.2) is 52.2 Å². The van der Waals surface area contributed by atoms with Gasteiger partial charge in [0.15, 0.2) is 5.82 Å². The molecular formula is C17H14BrFN4O2. The lowest BCUT2D eigenvalue weighted by molar-refractivity contribution is -0.110. The van der Waals surface area contributed by atoms with Gasteiger partial charge in [-0.05, 0) is 27.6 Å². The first-order valence-corrected chi connectivity index (χ1v) is 8.15. The maximum Gasteiger partial charge on any atom is 0.270 e. The number of halogens is 2. The second-order valence-electron chi connectivity index (χ2n) is 5.28. The average molecular weight is 405 g/mol. The summed E-state index contributed by atoms with van der Waals surface area (Å²) in [6, 6.07) is 10.9. The Kier molecular flexibility index (Phi) is 5.08. The van der Waals surface area contributed by atoms with Crippen LogP contribution < -0.4 is 5.32 Å². The molecule has 0 aliphatic carbocycles. The molecule has 1 N–H and O–H groups in total. The molecule has 1 aromatic heterocycles. The summed E-state index contributed by atoms with van der Waals surface area (Å²) in [4.78, 5) is 16.9. The molecule has 8 heteroatoms. The first-order valence-electron chi connectivity index (χ1n) is 7.36. The third-order valence-electron chi connectivity index (χ3n) is 3.37. The van der Waals surface area contributed by atoms with Crippen molar-refractivity contribution in [3.05, 3.63) is 58.4 Å². The number of fused-ring (bicyclic) bond motifs is 1. The summed E-state index contributed by atoms with van der Waals surface area (Å²) < 4.78 is 16.1. The zero-order chi connectivity index (χ0) is 17.8. The second kappa shape index (κ2) is 7.43. The first-order chi connectivity index (χ1) is 12.0. The van der Waals surface area contributed by atoms with Crippen molar-refractivity contribution in [2.24, 2.45) is 12.2 Å². The van der Waals surface area contributed by atoms with Gasteiger partial charge in [-0.1, -0.05) is 35.5 Å². The summed E-state index contributed by atoms with van der Waals surface area (Å²) in [5, 5.41) is 10.9. The highest BCUT2D eigenvalue weighted by Gasteiger charge is 2.15. The standard InChI is InChI=1S/C17H14BrFN4O2/c1-23-9-12-7-13(16(19)15(18)17(12)22-23)21-14(24)8-20-25-10-11-5-3-2-4-6-11/h2-9H,10H2,1H3,(H,21,24)/b20-8+. The maximum atomic E-state index is 14.3. The number of aryl methyl sites for hydroxylation is 1. The van der Waals surface area contributed by atoms with Crippen molar-refractivity contribution in [3.8, 4) is 0 Å². The number of nitrogens with zero attached hydrogens (tertiary/aromatic N) is 3.